The minimum Gasteiger partial charge on any atom is -0.350 e. The van der Waals surface area contributed by atoms with E-state index >= 15 is 0 Å². The third kappa shape index (κ3) is 2.00. The quantitative estimate of drug-likeness (QED) is 0.329. The molecule has 0 radical (unpaired) electrons. The molecule has 14 heavy (non-hydrogen) atoms. The van der Waals surface area contributed by atoms with Crippen LogP contribution in [0, 0.1) is 11.8 Å². The summed E-state index contributed by atoms with van der Waals surface area (Å²) < 4.78 is 5.31. The highest BCUT2D eigenvalue weighted by Crippen LogP contribution is 2.41. The summed E-state index contributed by atoms with van der Waals surface area (Å²) in [6, 6.07) is 0. The first-order valence-electron chi connectivity index (χ1n) is 5.09. The average molecular weight is 200 g/mol. The van der Waals surface area contributed by atoms with Crippen molar-refractivity contribution in [1.29, 1.82) is 0 Å². The summed E-state index contributed by atoms with van der Waals surface area (Å²) in [5, 5.41) is 8.96. The van der Waals surface area contributed by atoms with E-state index in [0.717, 1.165) is 18.4 Å². The van der Waals surface area contributed by atoms with Crippen molar-refractivity contribution in [2.75, 3.05) is 7.11 Å². The van der Waals surface area contributed by atoms with E-state index in [0.29, 0.717) is 12.3 Å². The molecule has 0 unspecified atom stereocenters. The summed E-state index contributed by atoms with van der Waals surface area (Å²) in [4.78, 5) is 4.56. The SMILES string of the molecule is C=C(C)[C@@H]1CC[C@@H](C)[C@@](OC)(OO)C1. The molecule has 0 heterocycles. The fraction of sp³-hybridized carbons (Fsp3) is 0.818. The van der Waals surface area contributed by atoms with Crippen molar-refractivity contribution >= 4 is 0 Å². The molecule has 1 fully saturated rings. The van der Waals surface area contributed by atoms with Crippen molar-refractivity contribution in [1.82, 2.24) is 0 Å². The molecule has 0 aliphatic heterocycles. The standard InChI is InChI=1S/C11H20O3/c1-8(2)10-6-5-9(3)11(7-10,13-4)14-12/h9-10,12H,1,5-7H2,2-4H3/t9-,10-,11+/m1/s1. The van der Waals surface area contributed by atoms with Gasteiger partial charge >= 0.3 is 0 Å². The van der Waals surface area contributed by atoms with Crippen LogP contribution in [0.3, 0.4) is 0 Å². The lowest BCUT2D eigenvalue weighted by Crippen LogP contribution is -2.46. The van der Waals surface area contributed by atoms with E-state index in [1.807, 2.05) is 13.8 Å². The van der Waals surface area contributed by atoms with Crippen LogP contribution in [-0.4, -0.2) is 18.2 Å². The first-order chi connectivity index (χ1) is 6.55. The van der Waals surface area contributed by atoms with E-state index in [4.69, 9.17) is 9.99 Å². The minimum absolute atomic E-state index is 0.216. The lowest BCUT2D eigenvalue weighted by Gasteiger charge is -2.41. The van der Waals surface area contributed by atoms with Crippen LogP contribution in [0.2, 0.25) is 0 Å². The van der Waals surface area contributed by atoms with Crippen LogP contribution in [0.15, 0.2) is 12.2 Å². The topological polar surface area (TPSA) is 38.7 Å². The van der Waals surface area contributed by atoms with E-state index in [1.54, 1.807) is 7.11 Å². The Morgan fingerprint density at radius 2 is 2.14 bits per heavy atom. The van der Waals surface area contributed by atoms with Gasteiger partial charge in [0.15, 0.2) is 0 Å². The molecular formula is C11H20O3. The normalized spacial score (nSPS) is 38.3. The smallest absolute Gasteiger partial charge is 0.204 e. The second-order valence-electron chi connectivity index (χ2n) is 4.33. The van der Waals surface area contributed by atoms with Crippen LogP contribution in [0.25, 0.3) is 0 Å². The zero-order valence-corrected chi connectivity index (χ0v) is 9.25. The van der Waals surface area contributed by atoms with Crippen molar-refractivity contribution in [2.24, 2.45) is 11.8 Å². The van der Waals surface area contributed by atoms with E-state index in [9.17, 15) is 0 Å². The van der Waals surface area contributed by atoms with Crippen LogP contribution in [0.5, 0.6) is 0 Å². The van der Waals surface area contributed by atoms with Crippen molar-refractivity contribution < 1.29 is 14.9 Å². The lowest BCUT2D eigenvalue weighted by molar-refractivity contribution is -0.422. The van der Waals surface area contributed by atoms with E-state index < -0.39 is 5.79 Å². The molecule has 3 nitrogen and oxygen atoms in total. The second-order valence-corrected chi connectivity index (χ2v) is 4.33. The van der Waals surface area contributed by atoms with Crippen LogP contribution in [0.1, 0.15) is 33.1 Å². The molecule has 3 heteroatoms. The summed E-state index contributed by atoms with van der Waals surface area (Å²) in [6.45, 7) is 7.99. The van der Waals surface area contributed by atoms with E-state index in [-0.39, 0.29) is 5.92 Å². The molecule has 0 aromatic rings. The highest BCUT2D eigenvalue weighted by molar-refractivity contribution is 5.01. The Bertz CT molecular complexity index is 209. The van der Waals surface area contributed by atoms with Crippen molar-refractivity contribution in [3.63, 3.8) is 0 Å². The molecular weight excluding hydrogens is 180 g/mol. The molecule has 1 aliphatic carbocycles. The molecule has 0 spiro atoms. The fourth-order valence-electron chi connectivity index (χ4n) is 2.19. The number of methoxy groups -OCH3 is 1. The number of ether oxygens (including phenoxy) is 1. The summed E-state index contributed by atoms with van der Waals surface area (Å²) in [6.07, 6.45) is 2.79. The molecule has 0 amide bonds. The van der Waals surface area contributed by atoms with Gasteiger partial charge in [0.25, 0.3) is 0 Å². The Hall–Kier alpha value is -0.380. The average Bonchev–Trinajstić information content (AvgIpc) is 2.19. The van der Waals surface area contributed by atoms with Gasteiger partial charge in [-0.1, -0.05) is 19.1 Å². The Morgan fingerprint density at radius 3 is 2.57 bits per heavy atom. The Labute approximate surface area is 85.6 Å². The Morgan fingerprint density at radius 1 is 1.50 bits per heavy atom. The maximum atomic E-state index is 8.96. The summed E-state index contributed by atoms with van der Waals surface area (Å²) >= 11 is 0. The van der Waals surface area contributed by atoms with Crippen LogP contribution < -0.4 is 0 Å². The highest BCUT2D eigenvalue weighted by atomic mass is 17.1. The fourth-order valence-corrected chi connectivity index (χ4v) is 2.19. The molecule has 0 bridgehead atoms. The number of rotatable bonds is 3. The zero-order valence-electron chi connectivity index (χ0n) is 9.25. The van der Waals surface area contributed by atoms with Crippen LogP contribution in [0.4, 0.5) is 0 Å². The van der Waals surface area contributed by atoms with Crippen LogP contribution >= 0.6 is 0 Å². The van der Waals surface area contributed by atoms with Gasteiger partial charge in [-0.2, -0.15) is 0 Å². The zero-order chi connectivity index (χ0) is 10.8. The minimum atomic E-state index is -0.831. The van der Waals surface area contributed by atoms with Gasteiger partial charge in [-0.05, 0) is 25.7 Å². The number of hydrogen-bond donors (Lipinski definition) is 1. The first kappa shape index (κ1) is 11.7. The largest absolute Gasteiger partial charge is 0.350 e. The van der Waals surface area contributed by atoms with E-state index in [2.05, 4.69) is 11.5 Å². The molecule has 1 aliphatic rings. The van der Waals surface area contributed by atoms with Crippen molar-refractivity contribution in [3.05, 3.63) is 12.2 Å². The summed E-state index contributed by atoms with van der Waals surface area (Å²) in [5.74, 6) is -0.228. The molecule has 1 N–H and O–H groups in total. The van der Waals surface area contributed by atoms with E-state index in [1.165, 1.54) is 0 Å². The number of hydrogen-bond acceptors (Lipinski definition) is 3. The predicted octanol–water partition coefficient (Wildman–Crippen LogP) is 2.83. The van der Waals surface area contributed by atoms with Gasteiger partial charge in [0.1, 0.15) is 0 Å². The third-order valence-corrected chi connectivity index (χ3v) is 3.43. The molecule has 0 aromatic carbocycles. The monoisotopic (exact) mass is 200 g/mol. The maximum absolute atomic E-state index is 8.96. The molecule has 3 atom stereocenters. The van der Waals surface area contributed by atoms with Gasteiger partial charge in [0.2, 0.25) is 5.79 Å². The van der Waals surface area contributed by atoms with Crippen molar-refractivity contribution in [3.8, 4) is 0 Å². The van der Waals surface area contributed by atoms with Gasteiger partial charge in [0.05, 0.1) is 0 Å². The predicted molar refractivity (Wildman–Crippen MR) is 54.8 cm³/mol. The molecule has 0 aromatic heterocycles. The summed E-state index contributed by atoms with van der Waals surface area (Å²) in [7, 11) is 1.58. The second kappa shape index (κ2) is 4.43. The molecule has 0 saturated heterocycles. The highest BCUT2D eigenvalue weighted by Gasteiger charge is 2.44. The Kier molecular flexibility index (Phi) is 3.70. The van der Waals surface area contributed by atoms with Gasteiger partial charge in [0, 0.05) is 19.4 Å². The first-order valence-corrected chi connectivity index (χ1v) is 5.09. The maximum Gasteiger partial charge on any atom is 0.204 e. The molecule has 1 saturated carbocycles. The summed E-state index contributed by atoms with van der Waals surface area (Å²) in [5.41, 5.74) is 1.13. The van der Waals surface area contributed by atoms with Gasteiger partial charge in [-0.25, -0.2) is 10.1 Å². The van der Waals surface area contributed by atoms with Crippen molar-refractivity contribution in [2.45, 2.75) is 38.9 Å². The molecule has 1 rings (SSSR count). The van der Waals surface area contributed by atoms with Gasteiger partial charge in [-0.15, -0.1) is 0 Å². The Balaban J connectivity index is 2.76. The van der Waals surface area contributed by atoms with Crippen LogP contribution in [-0.2, 0) is 9.62 Å². The van der Waals surface area contributed by atoms with Gasteiger partial charge in [-0.3, -0.25) is 0 Å². The molecule has 82 valence electrons. The number of allylic oxidation sites excluding steroid dienone is 1. The van der Waals surface area contributed by atoms with Gasteiger partial charge < -0.3 is 4.74 Å². The lowest BCUT2D eigenvalue weighted by atomic mass is 9.75. The third-order valence-electron chi connectivity index (χ3n) is 3.43.